The maximum absolute atomic E-state index is 6.22. The molecule has 0 aliphatic heterocycles. The lowest BCUT2D eigenvalue weighted by Gasteiger charge is -2.34. The van der Waals surface area contributed by atoms with Gasteiger partial charge in [0.2, 0.25) is 0 Å². The van der Waals surface area contributed by atoms with Crippen LogP contribution in [-0.4, -0.2) is 13.2 Å². The molecule has 0 N–H and O–H groups in total. The highest BCUT2D eigenvalue weighted by Gasteiger charge is 2.28. The molecule has 0 aromatic heterocycles. The normalized spacial score (nSPS) is 27.2. The Morgan fingerprint density at radius 2 is 1.59 bits per heavy atom. The molecule has 3 aliphatic carbocycles. The molecule has 0 spiro atoms. The van der Waals surface area contributed by atoms with Gasteiger partial charge in [-0.15, -0.1) is 6.58 Å². The summed E-state index contributed by atoms with van der Waals surface area (Å²) in [7, 11) is 0. The van der Waals surface area contributed by atoms with Crippen LogP contribution in [0.3, 0.4) is 0 Å². The molecule has 1 aromatic rings. The molecule has 2 nitrogen and oxygen atoms in total. The molecular weight excluding hydrogens is 356 g/mol. The maximum Gasteiger partial charge on any atom is 0.123 e. The Labute approximate surface area is 177 Å². The fourth-order valence-electron chi connectivity index (χ4n) is 5.07. The second kappa shape index (κ2) is 9.41. The van der Waals surface area contributed by atoms with Gasteiger partial charge in [-0.05, 0) is 124 Å². The first-order chi connectivity index (χ1) is 14.1. The quantitative estimate of drug-likeness (QED) is 0.434. The van der Waals surface area contributed by atoms with E-state index in [2.05, 4.69) is 44.7 Å². The molecule has 2 fully saturated rings. The molecule has 0 saturated heterocycles. The van der Waals surface area contributed by atoms with E-state index >= 15 is 0 Å². The van der Waals surface area contributed by atoms with Crippen molar-refractivity contribution in [3.05, 3.63) is 47.6 Å². The monoisotopic (exact) mass is 394 g/mol. The highest BCUT2D eigenvalue weighted by molar-refractivity contribution is 5.47. The van der Waals surface area contributed by atoms with Crippen molar-refractivity contribution in [1.82, 2.24) is 0 Å². The number of benzene rings is 1. The van der Waals surface area contributed by atoms with Crippen LogP contribution in [0, 0.1) is 37.5 Å². The predicted molar refractivity (Wildman–Crippen MR) is 121 cm³/mol. The average Bonchev–Trinajstić information content (AvgIpc) is 3.59. The zero-order chi connectivity index (χ0) is 20.2. The molecule has 0 radical (unpaired) electrons. The molecule has 4 rings (SSSR count). The molecule has 1 aromatic carbocycles. The van der Waals surface area contributed by atoms with Crippen LogP contribution >= 0.6 is 0 Å². The Balaban J connectivity index is 1.26. The van der Waals surface area contributed by atoms with Gasteiger partial charge in [0, 0.05) is 0 Å². The molecule has 0 amide bonds. The summed E-state index contributed by atoms with van der Waals surface area (Å²) in [6, 6.07) is 4.18. The second-order valence-electron chi connectivity index (χ2n) is 9.66. The van der Waals surface area contributed by atoms with Crippen LogP contribution in [0.15, 0.2) is 36.4 Å². The molecular formula is C27H38O2. The molecule has 1 atom stereocenters. The fourth-order valence-corrected chi connectivity index (χ4v) is 5.07. The van der Waals surface area contributed by atoms with Crippen LogP contribution < -0.4 is 9.47 Å². The minimum absolute atomic E-state index is 0.735. The smallest absolute Gasteiger partial charge is 0.123 e. The molecule has 29 heavy (non-hydrogen) atoms. The number of hydrogen-bond acceptors (Lipinski definition) is 2. The molecule has 0 heterocycles. The van der Waals surface area contributed by atoms with Crippen molar-refractivity contribution in [2.24, 2.45) is 23.7 Å². The van der Waals surface area contributed by atoms with Crippen molar-refractivity contribution in [2.45, 2.75) is 71.6 Å². The van der Waals surface area contributed by atoms with E-state index in [9.17, 15) is 0 Å². The standard InChI is InChI=1S/C27H38O2/c1-4-21-7-11-24(12-8-21)25-13-9-23(10-14-25)18-29-27-16-15-26(19(2)20(27)3)28-17-22-5-6-22/h4,9,15-16,21-22,24-25H,1,5-8,10-14,17-18H2,2-3H3. The molecule has 2 heteroatoms. The Bertz CT molecular complexity index is 735. The highest BCUT2D eigenvalue weighted by atomic mass is 16.5. The Hall–Kier alpha value is -1.70. The van der Waals surface area contributed by atoms with Crippen LogP contribution in [0.25, 0.3) is 0 Å². The van der Waals surface area contributed by atoms with E-state index in [1.54, 1.807) is 0 Å². The lowest BCUT2D eigenvalue weighted by atomic mass is 9.71. The topological polar surface area (TPSA) is 18.5 Å². The van der Waals surface area contributed by atoms with Crippen molar-refractivity contribution in [3.8, 4) is 11.5 Å². The second-order valence-corrected chi connectivity index (χ2v) is 9.66. The van der Waals surface area contributed by atoms with E-state index in [1.165, 1.54) is 74.5 Å². The summed E-state index contributed by atoms with van der Waals surface area (Å²) < 4.78 is 12.2. The molecule has 158 valence electrons. The third-order valence-corrected chi connectivity index (χ3v) is 7.63. The van der Waals surface area contributed by atoms with Gasteiger partial charge in [0.1, 0.15) is 18.1 Å². The Morgan fingerprint density at radius 1 is 0.897 bits per heavy atom. The molecule has 1 unspecified atom stereocenters. The number of ether oxygens (including phenoxy) is 2. The zero-order valence-corrected chi connectivity index (χ0v) is 18.4. The minimum atomic E-state index is 0.735. The first-order valence-electron chi connectivity index (χ1n) is 11.8. The van der Waals surface area contributed by atoms with Crippen molar-refractivity contribution >= 4 is 0 Å². The lowest BCUT2D eigenvalue weighted by molar-refractivity contribution is 0.206. The van der Waals surface area contributed by atoms with Gasteiger partial charge in [0.05, 0.1) is 6.61 Å². The predicted octanol–water partition coefficient (Wildman–Crippen LogP) is 7.19. The minimum Gasteiger partial charge on any atom is -0.493 e. The SMILES string of the molecule is C=CC1CCC(C2CC=C(COc3ccc(OCC4CC4)c(C)c3C)CC2)CC1. The molecule has 3 aliphatic rings. The van der Waals surface area contributed by atoms with Gasteiger partial charge in [-0.1, -0.05) is 12.2 Å². The van der Waals surface area contributed by atoms with Gasteiger partial charge in [-0.3, -0.25) is 0 Å². The van der Waals surface area contributed by atoms with Gasteiger partial charge in [0.15, 0.2) is 0 Å². The number of rotatable bonds is 8. The van der Waals surface area contributed by atoms with Crippen molar-refractivity contribution < 1.29 is 9.47 Å². The summed E-state index contributed by atoms with van der Waals surface area (Å²) in [5.41, 5.74) is 3.91. The summed E-state index contributed by atoms with van der Waals surface area (Å²) >= 11 is 0. The summed E-state index contributed by atoms with van der Waals surface area (Å²) in [4.78, 5) is 0. The maximum atomic E-state index is 6.22. The van der Waals surface area contributed by atoms with Crippen molar-refractivity contribution in [2.75, 3.05) is 13.2 Å². The molecule has 0 bridgehead atoms. The van der Waals surface area contributed by atoms with Gasteiger partial charge in [-0.25, -0.2) is 0 Å². The summed E-state index contributed by atoms with van der Waals surface area (Å²) in [6.45, 7) is 9.88. The highest BCUT2D eigenvalue weighted by Crippen LogP contribution is 2.40. The van der Waals surface area contributed by atoms with Crippen molar-refractivity contribution in [1.29, 1.82) is 0 Å². The fraction of sp³-hybridized carbons (Fsp3) is 0.630. The first kappa shape index (κ1) is 20.6. The van der Waals surface area contributed by atoms with Gasteiger partial charge >= 0.3 is 0 Å². The Kier molecular flexibility index (Phi) is 6.67. The lowest BCUT2D eigenvalue weighted by Crippen LogP contribution is -2.23. The van der Waals surface area contributed by atoms with Crippen LogP contribution in [0.1, 0.15) is 68.9 Å². The zero-order valence-electron chi connectivity index (χ0n) is 18.4. The van der Waals surface area contributed by atoms with E-state index in [1.807, 2.05) is 0 Å². The number of allylic oxidation sites excluding steroid dienone is 2. The van der Waals surface area contributed by atoms with Crippen LogP contribution in [-0.2, 0) is 0 Å². The van der Waals surface area contributed by atoms with E-state index in [-0.39, 0.29) is 0 Å². The molecule has 2 saturated carbocycles. The first-order valence-corrected chi connectivity index (χ1v) is 11.8. The number of hydrogen-bond donors (Lipinski definition) is 0. The van der Waals surface area contributed by atoms with E-state index < -0.39 is 0 Å². The van der Waals surface area contributed by atoms with Gasteiger partial charge in [0.25, 0.3) is 0 Å². The van der Waals surface area contributed by atoms with Crippen molar-refractivity contribution in [3.63, 3.8) is 0 Å². The van der Waals surface area contributed by atoms with E-state index in [0.717, 1.165) is 48.4 Å². The van der Waals surface area contributed by atoms with Crippen LogP contribution in [0.4, 0.5) is 0 Å². The average molecular weight is 395 g/mol. The van der Waals surface area contributed by atoms with E-state index in [0.29, 0.717) is 0 Å². The summed E-state index contributed by atoms with van der Waals surface area (Å²) in [6.07, 6.45) is 16.6. The summed E-state index contributed by atoms with van der Waals surface area (Å²) in [5, 5.41) is 0. The van der Waals surface area contributed by atoms with Gasteiger partial charge in [-0.2, -0.15) is 0 Å². The third kappa shape index (κ3) is 5.27. The van der Waals surface area contributed by atoms with Gasteiger partial charge < -0.3 is 9.47 Å². The largest absolute Gasteiger partial charge is 0.493 e. The van der Waals surface area contributed by atoms with E-state index in [4.69, 9.17) is 9.47 Å². The Morgan fingerprint density at radius 3 is 2.17 bits per heavy atom. The van der Waals surface area contributed by atoms with Crippen LogP contribution in [0.2, 0.25) is 0 Å². The third-order valence-electron chi connectivity index (χ3n) is 7.63. The summed E-state index contributed by atoms with van der Waals surface area (Å²) in [5.74, 6) is 5.39. The van der Waals surface area contributed by atoms with Crippen LogP contribution in [0.5, 0.6) is 11.5 Å².